The number of thioether (sulfide) groups is 1. The first kappa shape index (κ1) is 23.6. The normalized spacial score (nSPS) is 22.9. The van der Waals surface area contributed by atoms with Crippen LogP contribution in [-0.4, -0.2) is 52.8 Å². The van der Waals surface area contributed by atoms with E-state index in [2.05, 4.69) is 4.74 Å². The summed E-state index contributed by atoms with van der Waals surface area (Å²) in [5.41, 5.74) is 2.21. The number of rotatable bonds is 11. The molecule has 1 aliphatic carbocycles. The summed E-state index contributed by atoms with van der Waals surface area (Å²) in [7, 11) is 1.39. The second-order valence-electron chi connectivity index (χ2n) is 7.65. The van der Waals surface area contributed by atoms with E-state index < -0.39 is 12.2 Å². The Kier molecular flexibility index (Phi) is 9.91. The van der Waals surface area contributed by atoms with Crippen LogP contribution in [0.4, 0.5) is 0 Å². The summed E-state index contributed by atoms with van der Waals surface area (Å²) in [4.78, 5) is 23.4. The smallest absolute Gasteiger partial charge is 0.305 e. The summed E-state index contributed by atoms with van der Waals surface area (Å²) >= 11 is 1.71. The number of hydrogen-bond acceptors (Lipinski definition) is 6. The van der Waals surface area contributed by atoms with Gasteiger partial charge in [-0.15, -0.1) is 0 Å². The van der Waals surface area contributed by atoms with Crippen LogP contribution < -0.4 is 0 Å². The molecule has 6 heteroatoms. The second-order valence-corrected chi connectivity index (χ2v) is 8.87. The summed E-state index contributed by atoms with van der Waals surface area (Å²) in [6, 6.07) is 8.02. The maximum atomic E-state index is 12.3. The standard InChI is InChI=1S/C23H32O5S/c1-16-5-3-6-17(13-16)14-18(24)8-9-19-20(22(26)15-21(19)25)10-12-29-11-4-7-23(27)28-2/h3,5-6,8-9,13,18-21,24-25H,4,7,10-12,14-15H2,1-2H3/b9-8+/t18-,19-,20-,21-/m1/s1. The largest absolute Gasteiger partial charge is 0.469 e. The molecule has 0 unspecified atom stereocenters. The Morgan fingerprint density at radius 1 is 1.38 bits per heavy atom. The molecule has 0 aromatic heterocycles. The molecule has 0 heterocycles. The Labute approximate surface area is 177 Å². The predicted octanol–water partition coefficient (Wildman–Crippen LogP) is 3.10. The Morgan fingerprint density at radius 3 is 2.90 bits per heavy atom. The second kappa shape index (κ2) is 12.2. The first-order valence-corrected chi connectivity index (χ1v) is 11.3. The summed E-state index contributed by atoms with van der Waals surface area (Å²) < 4.78 is 4.62. The molecule has 1 fully saturated rings. The number of aliphatic hydroxyl groups excluding tert-OH is 2. The van der Waals surface area contributed by atoms with E-state index in [0.29, 0.717) is 19.3 Å². The molecule has 0 bridgehead atoms. The highest BCUT2D eigenvalue weighted by molar-refractivity contribution is 7.99. The van der Waals surface area contributed by atoms with Gasteiger partial charge in [-0.25, -0.2) is 0 Å². The number of esters is 1. The molecule has 4 atom stereocenters. The monoisotopic (exact) mass is 420 g/mol. The van der Waals surface area contributed by atoms with Crippen LogP contribution in [0.5, 0.6) is 0 Å². The van der Waals surface area contributed by atoms with Crippen molar-refractivity contribution in [1.82, 2.24) is 0 Å². The van der Waals surface area contributed by atoms with Crippen molar-refractivity contribution in [1.29, 1.82) is 0 Å². The van der Waals surface area contributed by atoms with Gasteiger partial charge < -0.3 is 14.9 Å². The van der Waals surface area contributed by atoms with E-state index in [1.54, 1.807) is 17.8 Å². The predicted molar refractivity (Wildman–Crippen MR) is 116 cm³/mol. The molecule has 1 aromatic carbocycles. The van der Waals surface area contributed by atoms with Gasteiger partial charge in [0.15, 0.2) is 0 Å². The van der Waals surface area contributed by atoms with Crippen molar-refractivity contribution in [3.05, 3.63) is 47.5 Å². The average Bonchev–Trinajstić information content (AvgIpc) is 2.95. The van der Waals surface area contributed by atoms with E-state index >= 15 is 0 Å². The van der Waals surface area contributed by atoms with Gasteiger partial charge in [0.1, 0.15) is 5.78 Å². The minimum absolute atomic E-state index is 0.0930. The van der Waals surface area contributed by atoms with Crippen molar-refractivity contribution in [2.45, 2.75) is 51.2 Å². The van der Waals surface area contributed by atoms with Crippen LogP contribution in [0.1, 0.15) is 36.8 Å². The third kappa shape index (κ3) is 7.96. The lowest BCUT2D eigenvalue weighted by atomic mass is 9.91. The summed E-state index contributed by atoms with van der Waals surface area (Å²) in [6.45, 7) is 2.02. The van der Waals surface area contributed by atoms with Crippen LogP contribution >= 0.6 is 11.8 Å². The van der Waals surface area contributed by atoms with Gasteiger partial charge in [-0.2, -0.15) is 11.8 Å². The number of aryl methyl sites for hydroxylation is 1. The van der Waals surface area contributed by atoms with E-state index in [1.165, 1.54) is 7.11 Å². The van der Waals surface area contributed by atoms with Crippen LogP contribution in [0.15, 0.2) is 36.4 Å². The van der Waals surface area contributed by atoms with Crippen LogP contribution in [-0.2, 0) is 20.7 Å². The highest BCUT2D eigenvalue weighted by Gasteiger charge is 2.39. The number of Topliss-reactive ketones (excluding diaryl/α,β-unsaturated/α-hetero) is 1. The number of carbonyl (C=O) groups excluding carboxylic acids is 2. The molecule has 1 saturated carbocycles. The molecule has 0 spiro atoms. The van der Waals surface area contributed by atoms with Gasteiger partial charge in [-0.3, -0.25) is 9.59 Å². The third-order valence-electron chi connectivity index (χ3n) is 5.29. The molecule has 5 nitrogen and oxygen atoms in total. The number of ketones is 1. The molecular weight excluding hydrogens is 388 g/mol. The number of hydrogen-bond donors (Lipinski definition) is 2. The van der Waals surface area contributed by atoms with Crippen molar-refractivity contribution >= 4 is 23.5 Å². The van der Waals surface area contributed by atoms with Crippen LogP contribution in [0.2, 0.25) is 0 Å². The fourth-order valence-corrected chi connectivity index (χ4v) is 4.70. The van der Waals surface area contributed by atoms with E-state index in [-0.39, 0.29) is 30.0 Å². The van der Waals surface area contributed by atoms with Crippen LogP contribution in [0.3, 0.4) is 0 Å². The fourth-order valence-electron chi connectivity index (χ4n) is 3.73. The summed E-state index contributed by atoms with van der Waals surface area (Å²) in [5.74, 6) is 1.09. The van der Waals surface area contributed by atoms with Gasteiger partial charge in [0.2, 0.25) is 0 Å². The molecule has 0 saturated heterocycles. The number of aliphatic hydroxyl groups is 2. The maximum Gasteiger partial charge on any atom is 0.305 e. The van der Waals surface area contributed by atoms with Gasteiger partial charge in [-0.1, -0.05) is 42.0 Å². The van der Waals surface area contributed by atoms with E-state index in [1.807, 2.05) is 37.3 Å². The minimum Gasteiger partial charge on any atom is -0.469 e. The zero-order valence-corrected chi connectivity index (χ0v) is 18.1. The van der Waals surface area contributed by atoms with Crippen molar-refractivity contribution in [3.8, 4) is 0 Å². The lowest BCUT2D eigenvalue weighted by Gasteiger charge is -2.18. The zero-order chi connectivity index (χ0) is 21.2. The molecular formula is C23H32O5S. The number of ether oxygens (including phenoxy) is 1. The van der Waals surface area contributed by atoms with Crippen molar-refractivity contribution in [3.63, 3.8) is 0 Å². The molecule has 2 rings (SSSR count). The molecule has 0 amide bonds. The molecule has 160 valence electrons. The summed E-state index contributed by atoms with van der Waals surface area (Å²) in [6.07, 6.45) is 4.76. The maximum absolute atomic E-state index is 12.3. The topological polar surface area (TPSA) is 83.8 Å². The first-order chi connectivity index (χ1) is 13.9. The molecule has 0 aliphatic heterocycles. The lowest BCUT2D eigenvalue weighted by Crippen LogP contribution is -2.20. The van der Waals surface area contributed by atoms with Gasteiger partial charge in [0, 0.05) is 31.1 Å². The quantitative estimate of drug-likeness (QED) is 0.325. The van der Waals surface area contributed by atoms with Gasteiger partial charge in [0.05, 0.1) is 19.3 Å². The first-order valence-electron chi connectivity index (χ1n) is 10.2. The molecule has 1 aromatic rings. The Morgan fingerprint density at radius 2 is 2.17 bits per heavy atom. The van der Waals surface area contributed by atoms with E-state index in [4.69, 9.17) is 0 Å². The Balaban J connectivity index is 1.81. The zero-order valence-electron chi connectivity index (χ0n) is 17.3. The Bertz CT molecular complexity index is 702. The minimum atomic E-state index is -0.681. The lowest BCUT2D eigenvalue weighted by molar-refractivity contribution is -0.140. The van der Waals surface area contributed by atoms with Crippen molar-refractivity contribution < 1.29 is 24.5 Å². The number of benzene rings is 1. The molecule has 1 aliphatic rings. The SMILES string of the molecule is COC(=O)CCCSCC[C@H]1C(=O)C[C@@H](O)[C@@H]1/C=C/[C@@H](O)Cc1cccc(C)c1. The highest BCUT2D eigenvalue weighted by Crippen LogP contribution is 2.34. The van der Waals surface area contributed by atoms with E-state index in [0.717, 1.165) is 29.1 Å². The van der Waals surface area contributed by atoms with Crippen molar-refractivity contribution in [2.75, 3.05) is 18.6 Å². The van der Waals surface area contributed by atoms with Crippen LogP contribution in [0.25, 0.3) is 0 Å². The number of methoxy groups -OCH3 is 1. The number of carbonyl (C=O) groups is 2. The fraction of sp³-hybridized carbons (Fsp3) is 0.565. The van der Waals surface area contributed by atoms with Crippen molar-refractivity contribution in [2.24, 2.45) is 11.8 Å². The molecule has 0 radical (unpaired) electrons. The third-order valence-corrected chi connectivity index (χ3v) is 6.39. The van der Waals surface area contributed by atoms with E-state index in [9.17, 15) is 19.8 Å². The highest BCUT2D eigenvalue weighted by atomic mass is 32.2. The average molecular weight is 421 g/mol. The summed E-state index contributed by atoms with van der Waals surface area (Å²) in [5, 5.41) is 20.6. The van der Waals surface area contributed by atoms with Gasteiger partial charge in [-0.05, 0) is 36.8 Å². The molecule has 29 heavy (non-hydrogen) atoms. The van der Waals surface area contributed by atoms with Gasteiger partial charge >= 0.3 is 5.97 Å². The van der Waals surface area contributed by atoms with Gasteiger partial charge in [0.25, 0.3) is 0 Å². The molecule has 2 N–H and O–H groups in total. The Hall–Kier alpha value is -1.63. The van der Waals surface area contributed by atoms with Crippen LogP contribution in [0, 0.1) is 18.8 Å².